The molecule has 0 N–H and O–H groups in total. The Labute approximate surface area is 317 Å². The van der Waals surface area contributed by atoms with Gasteiger partial charge in [-0.1, -0.05) is 158 Å². The number of para-hydroxylation sites is 1. The molecule has 11 rings (SSSR count). The lowest BCUT2D eigenvalue weighted by Crippen LogP contribution is -1.96. The molecular weight excluding hydrogens is 669 g/mol. The molecule has 0 aliphatic heterocycles. The number of aromatic nitrogens is 2. The number of hydrogen-bond acceptors (Lipinski definition) is 3. The SMILES string of the molecule is c1ccc(-c2nc(-c3ccc(-c4ccc5oc6ccccc6c5c4)cc3)cc(-c3cccc(-c4c5ccccc5cc5c4ccc4ccccc45)c3)n2)cc1. The minimum absolute atomic E-state index is 0.696. The van der Waals surface area contributed by atoms with Gasteiger partial charge in [-0.05, 0) is 91.0 Å². The second-order valence-electron chi connectivity index (χ2n) is 14.1. The minimum Gasteiger partial charge on any atom is -0.456 e. The zero-order valence-electron chi connectivity index (χ0n) is 29.8. The van der Waals surface area contributed by atoms with E-state index in [1.165, 1.54) is 37.9 Å². The van der Waals surface area contributed by atoms with Crippen LogP contribution in [0.4, 0.5) is 0 Å². The van der Waals surface area contributed by atoms with Crippen LogP contribution in [0.25, 0.3) is 110 Å². The van der Waals surface area contributed by atoms with Gasteiger partial charge < -0.3 is 4.42 Å². The van der Waals surface area contributed by atoms with Crippen LogP contribution in [0, 0.1) is 0 Å². The van der Waals surface area contributed by atoms with Gasteiger partial charge in [0.2, 0.25) is 0 Å². The molecule has 3 heteroatoms. The summed E-state index contributed by atoms with van der Waals surface area (Å²) in [5.74, 6) is 0.696. The average molecular weight is 701 g/mol. The molecule has 2 heterocycles. The molecule has 0 amide bonds. The van der Waals surface area contributed by atoms with Crippen LogP contribution >= 0.6 is 0 Å². The first-order chi connectivity index (χ1) is 27.2. The summed E-state index contributed by atoms with van der Waals surface area (Å²) in [6, 6.07) is 68.7. The standard InChI is InChI=1S/C52H32N2O/c1-2-12-36(13-3-1)52-53-47(35-23-21-33(22-24-35)37-26-28-50-46(30-37)43-19-8-9-20-49(43)55-50)32-48(54-52)39-15-10-16-40(29-39)51-42-18-7-5-14-38(42)31-45-41-17-6-4-11-34(41)25-27-44(45)51/h1-32H. The van der Waals surface area contributed by atoms with Crippen LogP contribution in [-0.4, -0.2) is 9.97 Å². The van der Waals surface area contributed by atoms with Crippen molar-refractivity contribution >= 4 is 54.3 Å². The van der Waals surface area contributed by atoms with Gasteiger partial charge in [-0.25, -0.2) is 9.97 Å². The van der Waals surface area contributed by atoms with Crippen molar-refractivity contribution in [1.82, 2.24) is 9.97 Å². The van der Waals surface area contributed by atoms with Crippen molar-refractivity contribution in [3.05, 3.63) is 194 Å². The fraction of sp³-hybridized carbons (Fsp3) is 0. The molecule has 0 aliphatic carbocycles. The lowest BCUT2D eigenvalue weighted by Gasteiger charge is -2.15. The number of hydrogen-bond donors (Lipinski definition) is 0. The number of fused-ring (bicyclic) bond motifs is 7. The van der Waals surface area contributed by atoms with Crippen LogP contribution in [0.3, 0.4) is 0 Å². The first kappa shape index (κ1) is 31.2. The molecular formula is C52H32N2O. The van der Waals surface area contributed by atoms with E-state index in [2.05, 4.69) is 164 Å². The number of benzene rings is 9. The van der Waals surface area contributed by atoms with Crippen molar-refractivity contribution in [2.75, 3.05) is 0 Å². The first-order valence-electron chi connectivity index (χ1n) is 18.6. The highest BCUT2D eigenvalue weighted by atomic mass is 16.3. The third-order valence-electron chi connectivity index (χ3n) is 10.9. The monoisotopic (exact) mass is 700 g/mol. The number of nitrogens with zero attached hydrogens (tertiary/aromatic N) is 2. The smallest absolute Gasteiger partial charge is 0.160 e. The molecule has 256 valence electrons. The van der Waals surface area contributed by atoms with Crippen molar-refractivity contribution in [3.8, 4) is 56.2 Å². The van der Waals surface area contributed by atoms with Gasteiger partial charge in [-0.15, -0.1) is 0 Å². The van der Waals surface area contributed by atoms with Gasteiger partial charge >= 0.3 is 0 Å². The second-order valence-corrected chi connectivity index (χ2v) is 14.1. The molecule has 0 unspecified atom stereocenters. The topological polar surface area (TPSA) is 38.9 Å². The van der Waals surface area contributed by atoms with E-state index >= 15 is 0 Å². The minimum atomic E-state index is 0.696. The molecule has 2 aromatic heterocycles. The van der Waals surface area contributed by atoms with Crippen LogP contribution in [0.15, 0.2) is 199 Å². The van der Waals surface area contributed by atoms with Crippen molar-refractivity contribution in [2.24, 2.45) is 0 Å². The highest BCUT2D eigenvalue weighted by Crippen LogP contribution is 2.41. The van der Waals surface area contributed by atoms with Gasteiger partial charge in [-0.3, -0.25) is 0 Å². The third-order valence-corrected chi connectivity index (χ3v) is 10.9. The van der Waals surface area contributed by atoms with E-state index in [-0.39, 0.29) is 0 Å². The molecule has 9 aromatic carbocycles. The quantitative estimate of drug-likeness (QED) is 0.133. The molecule has 0 fully saturated rings. The molecule has 0 atom stereocenters. The van der Waals surface area contributed by atoms with Gasteiger partial charge in [-0.2, -0.15) is 0 Å². The van der Waals surface area contributed by atoms with E-state index in [1.807, 2.05) is 30.3 Å². The Morgan fingerprint density at radius 2 is 0.927 bits per heavy atom. The third kappa shape index (κ3) is 5.36. The van der Waals surface area contributed by atoms with Crippen LogP contribution in [0.2, 0.25) is 0 Å². The Kier molecular flexibility index (Phi) is 7.17. The molecule has 0 saturated carbocycles. The summed E-state index contributed by atoms with van der Waals surface area (Å²) in [4.78, 5) is 10.3. The predicted molar refractivity (Wildman–Crippen MR) is 229 cm³/mol. The highest BCUT2D eigenvalue weighted by Gasteiger charge is 2.16. The summed E-state index contributed by atoms with van der Waals surface area (Å²) in [5, 5.41) is 9.71. The van der Waals surface area contributed by atoms with E-state index in [0.29, 0.717) is 5.82 Å². The fourth-order valence-corrected chi connectivity index (χ4v) is 8.16. The van der Waals surface area contributed by atoms with Crippen molar-refractivity contribution in [2.45, 2.75) is 0 Å². The molecule has 0 bridgehead atoms. The van der Waals surface area contributed by atoms with Gasteiger partial charge in [0.15, 0.2) is 5.82 Å². The maximum absolute atomic E-state index is 6.09. The Hall–Kier alpha value is -7.36. The molecule has 0 aliphatic rings. The summed E-state index contributed by atoms with van der Waals surface area (Å²) >= 11 is 0. The lowest BCUT2D eigenvalue weighted by molar-refractivity contribution is 0.669. The summed E-state index contributed by atoms with van der Waals surface area (Å²) in [5.41, 5.74) is 11.3. The van der Waals surface area contributed by atoms with Crippen molar-refractivity contribution < 1.29 is 4.42 Å². The Morgan fingerprint density at radius 1 is 0.291 bits per heavy atom. The van der Waals surface area contributed by atoms with Crippen molar-refractivity contribution in [3.63, 3.8) is 0 Å². The van der Waals surface area contributed by atoms with Gasteiger partial charge in [0.1, 0.15) is 11.2 Å². The van der Waals surface area contributed by atoms with Gasteiger partial charge in [0.25, 0.3) is 0 Å². The maximum Gasteiger partial charge on any atom is 0.160 e. The summed E-state index contributed by atoms with van der Waals surface area (Å²) in [6.07, 6.45) is 0. The first-order valence-corrected chi connectivity index (χ1v) is 18.6. The summed E-state index contributed by atoms with van der Waals surface area (Å²) in [7, 11) is 0. The van der Waals surface area contributed by atoms with E-state index in [1.54, 1.807) is 0 Å². The van der Waals surface area contributed by atoms with Crippen LogP contribution in [0.1, 0.15) is 0 Å². The highest BCUT2D eigenvalue weighted by molar-refractivity contribution is 6.20. The molecule has 11 aromatic rings. The predicted octanol–water partition coefficient (Wildman–Crippen LogP) is 14.2. The van der Waals surface area contributed by atoms with E-state index in [0.717, 1.165) is 66.7 Å². The zero-order valence-corrected chi connectivity index (χ0v) is 29.8. The molecule has 55 heavy (non-hydrogen) atoms. The van der Waals surface area contributed by atoms with Crippen molar-refractivity contribution in [1.29, 1.82) is 0 Å². The number of rotatable bonds is 5. The second kappa shape index (κ2) is 12.6. The molecule has 3 nitrogen and oxygen atoms in total. The zero-order chi connectivity index (χ0) is 36.3. The van der Waals surface area contributed by atoms with Crippen LogP contribution in [-0.2, 0) is 0 Å². The van der Waals surface area contributed by atoms with Gasteiger partial charge in [0.05, 0.1) is 11.4 Å². The average Bonchev–Trinajstić information content (AvgIpc) is 3.64. The Bertz CT molecular complexity index is 3250. The molecule has 0 radical (unpaired) electrons. The van der Waals surface area contributed by atoms with Crippen LogP contribution < -0.4 is 0 Å². The van der Waals surface area contributed by atoms with E-state index in [9.17, 15) is 0 Å². The van der Waals surface area contributed by atoms with E-state index < -0.39 is 0 Å². The van der Waals surface area contributed by atoms with Crippen LogP contribution in [0.5, 0.6) is 0 Å². The number of furan rings is 1. The summed E-state index contributed by atoms with van der Waals surface area (Å²) in [6.45, 7) is 0. The Balaban J connectivity index is 1.04. The molecule has 0 spiro atoms. The lowest BCUT2D eigenvalue weighted by atomic mass is 9.89. The summed E-state index contributed by atoms with van der Waals surface area (Å²) < 4.78 is 6.09. The van der Waals surface area contributed by atoms with Gasteiger partial charge in [0, 0.05) is 27.5 Å². The fourth-order valence-electron chi connectivity index (χ4n) is 8.16. The Morgan fingerprint density at radius 3 is 1.78 bits per heavy atom. The largest absolute Gasteiger partial charge is 0.456 e. The molecule has 0 saturated heterocycles. The maximum atomic E-state index is 6.09. The normalized spacial score (nSPS) is 11.6. The van der Waals surface area contributed by atoms with E-state index in [4.69, 9.17) is 14.4 Å².